The molecule has 9 rings (SSSR count). The first-order chi connectivity index (χ1) is 31.2. The Labute approximate surface area is 377 Å². The van der Waals surface area contributed by atoms with Crippen molar-refractivity contribution < 1.29 is 23.3 Å². The molecule has 3 aliphatic rings. The molecule has 2 aromatic carbocycles. The summed E-state index contributed by atoms with van der Waals surface area (Å²) in [5.74, 6) is 0.695. The standard InChI is InChI=1S/C48H55FN12O4/c1-28-23-33(8-11-38(28)61-18-15-40(62)55-47(61)64)59-16-13-31(14-17-59)26-58-19-21-60(22-20-58)39-12-7-32(25-50-39)37-24-36-42(51-27-52-43(36)54-37)35-10-9-34(29(2)41(35)49)30(3)53-45(63)44-56-46(65-57-44)48(4,5)6/h7-12,23-25,27,30-31H,13-22,26H2,1-6H3,(H,53,63)(H,51,52,54)(H,55,62,64)/t30-/m1/s1. The van der Waals surface area contributed by atoms with E-state index in [9.17, 15) is 14.4 Å². The maximum absolute atomic E-state index is 16.2. The molecule has 3 aliphatic heterocycles. The lowest BCUT2D eigenvalue weighted by Gasteiger charge is -2.40. The zero-order chi connectivity index (χ0) is 45.6. The summed E-state index contributed by atoms with van der Waals surface area (Å²) in [6.45, 7) is 18.5. The first-order valence-corrected chi connectivity index (χ1v) is 22.4. The predicted molar refractivity (Wildman–Crippen MR) is 246 cm³/mol. The minimum absolute atomic E-state index is 0.0726. The molecule has 0 bridgehead atoms. The Morgan fingerprint density at radius 1 is 0.938 bits per heavy atom. The third-order valence-electron chi connectivity index (χ3n) is 13.0. The van der Waals surface area contributed by atoms with Gasteiger partial charge in [-0.3, -0.25) is 24.7 Å². The number of hydrogen-bond donors (Lipinski definition) is 3. The number of pyridine rings is 1. The second kappa shape index (κ2) is 17.7. The molecule has 17 heteroatoms. The second-order valence-electron chi connectivity index (χ2n) is 18.5. The SMILES string of the molecule is Cc1cc(N2CCC(CN3CCN(c4ccc(-c5cc6c(-c7ccc([C@@H](C)NC(=O)c8noc(C(C)(C)C)n8)c(C)c7F)ncnc6[nH]5)cn4)CC3)CC2)ccc1N1CCC(=O)NC1=O. The molecule has 0 spiro atoms. The fourth-order valence-electron chi connectivity index (χ4n) is 9.19. The lowest BCUT2D eigenvalue weighted by molar-refractivity contribution is -0.120. The van der Waals surface area contributed by atoms with Gasteiger partial charge in [-0.15, -0.1) is 0 Å². The highest BCUT2D eigenvalue weighted by atomic mass is 19.1. The number of halogens is 1. The molecule has 0 saturated carbocycles. The van der Waals surface area contributed by atoms with Crippen LogP contribution >= 0.6 is 0 Å². The van der Waals surface area contributed by atoms with Gasteiger partial charge in [0, 0.05) is 104 Å². The van der Waals surface area contributed by atoms with Gasteiger partial charge < -0.3 is 24.6 Å². The molecular weight excluding hydrogens is 828 g/mol. The van der Waals surface area contributed by atoms with Gasteiger partial charge >= 0.3 is 6.03 Å². The molecular formula is C48H55FN12O4. The summed E-state index contributed by atoms with van der Waals surface area (Å²) >= 11 is 0. The molecule has 0 radical (unpaired) electrons. The van der Waals surface area contributed by atoms with Gasteiger partial charge in [0.1, 0.15) is 23.6 Å². The van der Waals surface area contributed by atoms with Gasteiger partial charge in [-0.25, -0.2) is 24.1 Å². The van der Waals surface area contributed by atoms with Crippen molar-refractivity contribution in [3.8, 4) is 22.5 Å². The molecule has 16 nitrogen and oxygen atoms in total. The normalized spacial score (nSPS) is 17.2. The number of anilines is 3. The molecule has 7 heterocycles. The van der Waals surface area contributed by atoms with E-state index in [0.717, 1.165) is 87.0 Å². The first kappa shape index (κ1) is 43.5. The number of piperazine rings is 1. The van der Waals surface area contributed by atoms with Gasteiger partial charge in [0.05, 0.1) is 11.7 Å². The molecule has 0 unspecified atom stereocenters. The smallest absolute Gasteiger partial charge is 0.328 e. The molecule has 0 aliphatic carbocycles. The van der Waals surface area contributed by atoms with Crippen molar-refractivity contribution in [1.29, 1.82) is 0 Å². The number of carbonyl (C=O) groups is 3. The number of aromatic amines is 1. The van der Waals surface area contributed by atoms with Crippen LogP contribution in [0.3, 0.4) is 0 Å². The number of piperidine rings is 1. The summed E-state index contributed by atoms with van der Waals surface area (Å²) in [7, 11) is 0. The minimum Gasteiger partial charge on any atom is -0.372 e. The van der Waals surface area contributed by atoms with Crippen LogP contribution in [0.1, 0.15) is 86.2 Å². The second-order valence-corrected chi connectivity index (χ2v) is 18.5. The number of carbonyl (C=O) groups excluding carboxylic acids is 3. The van der Waals surface area contributed by atoms with Crippen molar-refractivity contribution in [1.82, 2.24) is 45.6 Å². The summed E-state index contributed by atoms with van der Waals surface area (Å²) in [5.41, 5.74) is 6.72. The highest BCUT2D eigenvalue weighted by molar-refractivity contribution is 6.06. The topological polar surface area (TPSA) is 182 Å². The number of urea groups is 1. The number of nitrogens with zero attached hydrogens (tertiary/aromatic N) is 9. The van der Waals surface area contributed by atoms with Crippen LogP contribution in [0.25, 0.3) is 33.5 Å². The molecule has 4 aromatic heterocycles. The number of benzene rings is 2. The fraction of sp³-hybridized carbons (Fsp3) is 0.417. The predicted octanol–water partition coefficient (Wildman–Crippen LogP) is 7.10. The Morgan fingerprint density at radius 2 is 1.72 bits per heavy atom. The highest BCUT2D eigenvalue weighted by Gasteiger charge is 2.29. The number of imide groups is 1. The Kier molecular flexibility index (Phi) is 11.8. The van der Waals surface area contributed by atoms with Crippen LogP contribution in [-0.2, 0) is 10.2 Å². The number of rotatable bonds is 10. The van der Waals surface area contributed by atoms with Crippen molar-refractivity contribution in [3.05, 3.63) is 95.3 Å². The Hall–Kier alpha value is -6.75. The van der Waals surface area contributed by atoms with Crippen molar-refractivity contribution >= 4 is 46.1 Å². The number of nitrogens with one attached hydrogen (secondary N) is 3. The lowest BCUT2D eigenvalue weighted by Crippen LogP contribution is -2.49. The van der Waals surface area contributed by atoms with Gasteiger partial charge in [-0.1, -0.05) is 32.0 Å². The average Bonchev–Trinajstić information content (AvgIpc) is 3.98. The summed E-state index contributed by atoms with van der Waals surface area (Å²) in [6.07, 6.45) is 5.86. The van der Waals surface area contributed by atoms with Crippen molar-refractivity contribution in [2.75, 3.05) is 67.1 Å². The molecule has 3 saturated heterocycles. The minimum atomic E-state index is -0.530. The van der Waals surface area contributed by atoms with Crippen LogP contribution < -0.4 is 25.3 Å². The summed E-state index contributed by atoms with van der Waals surface area (Å²) in [5, 5.41) is 9.80. The van der Waals surface area contributed by atoms with Crippen LogP contribution in [0.5, 0.6) is 0 Å². The Morgan fingerprint density at radius 3 is 2.42 bits per heavy atom. The maximum Gasteiger partial charge on any atom is 0.328 e. The van der Waals surface area contributed by atoms with Crippen LogP contribution in [0, 0.1) is 25.6 Å². The van der Waals surface area contributed by atoms with Crippen molar-refractivity contribution in [3.63, 3.8) is 0 Å². The van der Waals surface area contributed by atoms with Gasteiger partial charge in [0.25, 0.3) is 11.7 Å². The van der Waals surface area contributed by atoms with E-state index in [4.69, 9.17) is 9.51 Å². The third kappa shape index (κ3) is 9.01. The summed E-state index contributed by atoms with van der Waals surface area (Å²) < 4.78 is 21.5. The summed E-state index contributed by atoms with van der Waals surface area (Å²) in [6, 6.07) is 14.9. The van der Waals surface area contributed by atoms with E-state index in [1.165, 1.54) is 12.0 Å². The van der Waals surface area contributed by atoms with Crippen molar-refractivity contribution in [2.45, 2.75) is 72.3 Å². The maximum atomic E-state index is 16.2. The number of H-pyrrole nitrogens is 1. The Bertz CT molecular complexity index is 2750. The first-order valence-electron chi connectivity index (χ1n) is 22.4. The van der Waals surface area contributed by atoms with E-state index in [1.54, 1.807) is 30.9 Å². The van der Waals surface area contributed by atoms with E-state index < -0.39 is 23.2 Å². The van der Waals surface area contributed by atoms with E-state index in [0.29, 0.717) is 58.2 Å². The van der Waals surface area contributed by atoms with Gasteiger partial charge in [0.15, 0.2) is 0 Å². The molecule has 3 N–H and O–H groups in total. The summed E-state index contributed by atoms with van der Waals surface area (Å²) in [4.78, 5) is 67.4. The molecule has 65 heavy (non-hydrogen) atoms. The largest absolute Gasteiger partial charge is 0.372 e. The number of aromatic nitrogens is 6. The van der Waals surface area contributed by atoms with Crippen molar-refractivity contribution in [2.24, 2.45) is 5.92 Å². The molecule has 6 aromatic rings. The van der Waals surface area contributed by atoms with Gasteiger partial charge in [-0.05, 0) is 98.7 Å². The fourth-order valence-corrected chi connectivity index (χ4v) is 9.19. The lowest BCUT2D eigenvalue weighted by atomic mass is 9.95. The van der Waals surface area contributed by atoms with Crippen LogP contribution in [-0.4, -0.2) is 105 Å². The molecule has 4 amide bonds. The van der Waals surface area contributed by atoms with Gasteiger partial charge in [-0.2, -0.15) is 4.98 Å². The molecule has 3 fully saturated rings. The third-order valence-corrected chi connectivity index (χ3v) is 13.0. The number of fused-ring (bicyclic) bond motifs is 1. The molecule has 338 valence electrons. The number of hydrogen-bond acceptors (Lipinski definition) is 12. The number of aryl methyl sites for hydroxylation is 1. The van der Waals surface area contributed by atoms with Gasteiger partial charge in [0.2, 0.25) is 11.8 Å². The van der Waals surface area contributed by atoms with E-state index in [-0.39, 0.29) is 17.8 Å². The van der Waals surface area contributed by atoms with E-state index >= 15 is 4.39 Å². The zero-order valence-electron chi connectivity index (χ0n) is 37.7. The van der Waals surface area contributed by atoms with E-state index in [2.05, 4.69) is 74.7 Å². The highest BCUT2D eigenvalue weighted by Crippen LogP contribution is 2.35. The van der Waals surface area contributed by atoms with Crippen LogP contribution in [0.15, 0.2) is 65.6 Å². The number of amides is 4. The average molecular weight is 883 g/mol. The monoisotopic (exact) mass is 882 g/mol. The van der Waals surface area contributed by atoms with E-state index in [1.807, 2.05) is 46.0 Å². The zero-order valence-corrected chi connectivity index (χ0v) is 37.7. The van der Waals surface area contributed by atoms with Crippen LogP contribution in [0.4, 0.5) is 26.4 Å². The van der Waals surface area contributed by atoms with Crippen LogP contribution in [0.2, 0.25) is 0 Å². The quantitative estimate of drug-likeness (QED) is 0.127. The molecule has 1 atom stereocenters. The Balaban J connectivity index is 0.783.